The Hall–Kier alpha value is -2.33. The minimum Gasteiger partial charge on any atom is -0.497 e. The number of methoxy groups -OCH3 is 1. The second kappa shape index (κ2) is 8.37. The number of likely N-dealkylation sites (tertiary alicyclic amines) is 1. The third-order valence-corrected chi connectivity index (χ3v) is 5.15. The van der Waals surface area contributed by atoms with Crippen LogP contribution in [0.5, 0.6) is 5.75 Å². The van der Waals surface area contributed by atoms with E-state index >= 15 is 0 Å². The van der Waals surface area contributed by atoms with E-state index in [-0.39, 0.29) is 11.8 Å². The van der Waals surface area contributed by atoms with E-state index in [4.69, 9.17) is 4.74 Å². The Kier molecular flexibility index (Phi) is 5.94. The van der Waals surface area contributed by atoms with E-state index in [9.17, 15) is 4.79 Å². The van der Waals surface area contributed by atoms with Crippen LogP contribution in [0.15, 0.2) is 42.5 Å². The maximum absolute atomic E-state index is 12.6. The zero-order valence-electron chi connectivity index (χ0n) is 15.9. The lowest BCUT2D eigenvalue weighted by Crippen LogP contribution is -2.37. The van der Waals surface area contributed by atoms with Gasteiger partial charge in [-0.25, -0.2) is 0 Å². The Morgan fingerprint density at radius 1 is 1.15 bits per heavy atom. The van der Waals surface area contributed by atoms with Gasteiger partial charge in [-0.2, -0.15) is 0 Å². The SMILES string of the molecule is COc1cccc(CN2CCC(C(=O)Nc3cc(C)ccc3C)CC2)c1. The first-order valence-electron chi connectivity index (χ1n) is 9.28. The van der Waals surface area contributed by atoms with Crippen molar-refractivity contribution in [1.82, 2.24) is 4.90 Å². The lowest BCUT2D eigenvalue weighted by Gasteiger charge is -2.31. The van der Waals surface area contributed by atoms with E-state index in [1.54, 1.807) is 7.11 Å². The van der Waals surface area contributed by atoms with Crippen LogP contribution >= 0.6 is 0 Å². The van der Waals surface area contributed by atoms with Gasteiger partial charge in [-0.05, 0) is 74.7 Å². The van der Waals surface area contributed by atoms with E-state index in [1.807, 2.05) is 32.0 Å². The van der Waals surface area contributed by atoms with Gasteiger partial charge in [0, 0.05) is 18.2 Å². The van der Waals surface area contributed by atoms with E-state index in [0.29, 0.717) is 0 Å². The molecule has 1 fully saturated rings. The van der Waals surface area contributed by atoms with Crippen LogP contribution in [0.2, 0.25) is 0 Å². The van der Waals surface area contributed by atoms with Gasteiger partial charge in [-0.1, -0.05) is 24.3 Å². The number of hydrogen-bond acceptors (Lipinski definition) is 3. The van der Waals surface area contributed by atoms with Crippen molar-refractivity contribution in [1.29, 1.82) is 0 Å². The van der Waals surface area contributed by atoms with Gasteiger partial charge in [-0.3, -0.25) is 9.69 Å². The summed E-state index contributed by atoms with van der Waals surface area (Å²) in [7, 11) is 1.69. The zero-order valence-corrected chi connectivity index (χ0v) is 15.9. The van der Waals surface area contributed by atoms with Crippen molar-refractivity contribution < 1.29 is 9.53 Å². The number of ether oxygens (including phenoxy) is 1. The van der Waals surface area contributed by atoms with Gasteiger partial charge in [0.1, 0.15) is 5.75 Å². The standard InChI is InChI=1S/C22H28N2O2/c1-16-7-8-17(2)21(13-16)23-22(25)19-9-11-24(12-10-19)15-18-5-4-6-20(14-18)26-3/h4-8,13-14,19H,9-12,15H2,1-3H3,(H,23,25). The molecule has 1 saturated heterocycles. The molecule has 1 aliphatic heterocycles. The molecule has 0 aromatic heterocycles. The molecule has 1 aliphatic rings. The van der Waals surface area contributed by atoms with Crippen LogP contribution in [0.1, 0.15) is 29.5 Å². The summed E-state index contributed by atoms with van der Waals surface area (Å²) < 4.78 is 5.30. The summed E-state index contributed by atoms with van der Waals surface area (Å²) >= 11 is 0. The fraction of sp³-hybridized carbons (Fsp3) is 0.409. The van der Waals surface area contributed by atoms with Crippen molar-refractivity contribution in [2.45, 2.75) is 33.2 Å². The first-order valence-corrected chi connectivity index (χ1v) is 9.28. The molecule has 4 nitrogen and oxygen atoms in total. The number of carbonyl (C=O) groups is 1. The van der Waals surface area contributed by atoms with Crippen LogP contribution in [-0.4, -0.2) is 31.0 Å². The zero-order chi connectivity index (χ0) is 18.5. The Balaban J connectivity index is 1.52. The van der Waals surface area contributed by atoms with Gasteiger partial charge in [-0.15, -0.1) is 0 Å². The Labute approximate surface area is 156 Å². The molecule has 1 N–H and O–H groups in total. The fourth-order valence-electron chi connectivity index (χ4n) is 3.49. The summed E-state index contributed by atoms with van der Waals surface area (Å²) in [5.41, 5.74) is 4.47. The molecule has 1 amide bonds. The van der Waals surface area contributed by atoms with Crippen molar-refractivity contribution in [2.75, 3.05) is 25.5 Å². The number of anilines is 1. The van der Waals surface area contributed by atoms with Gasteiger partial charge in [0.2, 0.25) is 5.91 Å². The monoisotopic (exact) mass is 352 g/mol. The Morgan fingerprint density at radius 2 is 1.92 bits per heavy atom. The lowest BCUT2D eigenvalue weighted by atomic mass is 9.95. The first-order chi connectivity index (χ1) is 12.5. The number of benzene rings is 2. The van der Waals surface area contributed by atoms with Crippen molar-refractivity contribution >= 4 is 11.6 Å². The molecule has 0 saturated carbocycles. The predicted molar refractivity (Wildman–Crippen MR) is 106 cm³/mol. The topological polar surface area (TPSA) is 41.6 Å². The third-order valence-electron chi connectivity index (χ3n) is 5.15. The minimum atomic E-state index is 0.0940. The largest absolute Gasteiger partial charge is 0.497 e. The van der Waals surface area contributed by atoms with Crippen molar-refractivity contribution in [3.8, 4) is 5.75 Å². The minimum absolute atomic E-state index is 0.0940. The molecule has 2 aromatic carbocycles. The summed E-state index contributed by atoms with van der Waals surface area (Å²) in [6, 6.07) is 14.4. The maximum atomic E-state index is 12.6. The van der Waals surface area contributed by atoms with Gasteiger partial charge < -0.3 is 10.1 Å². The average molecular weight is 352 g/mol. The molecule has 1 heterocycles. The van der Waals surface area contributed by atoms with E-state index < -0.39 is 0 Å². The summed E-state index contributed by atoms with van der Waals surface area (Å²) in [5.74, 6) is 1.14. The number of carbonyl (C=O) groups excluding carboxylic acids is 1. The number of piperidine rings is 1. The molecule has 0 spiro atoms. The highest BCUT2D eigenvalue weighted by Gasteiger charge is 2.25. The van der Waals surface area contributed by atoms with Crippen LogP contribution in [0.25, 0.3) is 0 Å². The summed E-state index contributed by atoms with van der Waals surface area (Å²) in [6.07, 6.45) is 1.81. The molecule has 0 atom stereocenters. The molecule has 138 valence electrons. The van der Waals surface area contributed by atoms with Crippen LogP contribution in [0.3, 0.4) is 0 Å². The molecule has 0 bridgehead atoms. The maximum Gasteiger partial charge on any atom is 0.227 e. The highest BCUT2D eigenvalue weighted by Crippen LogP contribution is 2.23. The highest BCUT2D eigenvalue weighted by molar-refractivity contribution is 5.93. The summed E-state index contributed by atoms with van der Waals surface area (Å²) in [6.45, 7) is 6.88. The van der Waals surface area contributed by atoms with Gasteiger partial charge in [0.25, 0.3) is 0 Å². The number of nitrogens with zero attached hydrogens (tertiary/aromatic N) is 1. The fourth-order valence-corrected chi connectivity index (χ4v) is 3.49. The van der Waals surface area contributed by atoms with E-state index in [2.05, 4.69) is 34.5 Å². The smallest absolute Gasteiger partial charge is 0.227 e. The highest BCUT2D eigenvalue weighted by atomic mass is 16.5. The second-order valence-electron chi connectivity index (χ2n) is 7.21. The molecule has 3 rings (SSSR count). The number of rotatable bonds is 5. The molecular formula is C22H28N2O2. The predicted octanol–water partition coefficient (Wildman–Crippen LogP) is 4.16. The number of amides is 1. The van der Waals surface area contributed by atoms with E-state index in [0.717, 1.165) is 49.5 Å². The molecule has 4 heteroatoms. The van der Waals surface area contributed by atoms with Gasteiger partial charge in [0.05, 0.1) is 7.11 Å². The van der Waals surface area contributed by atoms with Crippen molar-refractivity contribution in [3.63, 3.8) is 0 Å². The number of hydrogen-bond donors (Lipinski definition) is 1. The molecule has 0 unspecified atom stereocenters. The summed E-state index contributed by atoms with van der Waals surface area (Å²) in [4.78, 5) is 15.0. The number of aryl methyl sites for hydroxylation is 2. The molecule has 2 aromatic rings. The lowest BCUT2D eigenvalue weighted by molar-refractivity contribution is -0.121. The molecule has 0 aliphatic carbocycles. The van der Waals surface area contributed by atoms with Gasteiger partial charge >= 0.3 is 0 Å². The van der Waals surface area contributed by atoms with Crippen molar-refractivity contribution in [2.24, 2.45) is 5.92 Å². The van der Waals surface area contributed by atoms with E-state index in [1.165, 1.54) is 11.1 Å². The van der Waals surface area contributed by atoms with Crippen LogP contribution in [0, 0.1) is 19.8 Å². The summed E-state index contributed by atoms with van der Waals surface area (Å²) in [5, 5.41) is 3.13. The van der Waals surface area contributed by atoms with Crippen molar-refractivity contribution in [3.05, 3.63) is 59.2 Å². The Bertz CT molecular complexity index is 764. The Morgan fingerprint density at radius 3 is 2.65 bits per heavy atom. The molecule has 26 heavy (non-hydrogen) atoms. The van der Waals surface area contributed by atoms with Crippen LogP contribution in [0.4, 0.5) is 5.69 Å². The third kappa shape index (κ3) is 4.64. The molecular weight excluding hydrogens is 324 g/mol. The second-order valence-corrected chi connectivity index (χ2v) is 7.21. The quantitative estimate of drug-likeness (QED) is 0.878. The molecule has 0 radical (unpaired) electrons. The van der Waals surface area contributed by atoms with Crippen LogP contribution in [-0.2, 0) is 11.3 Å². The first kappa shape index (κ1) is 18.5. The van der Waals surface area contributed by atoms with Gasteiger partial charge in [0.15, 0.2) is 0 Å². The number of nitrogens with one attached hydrogen (secondary N) is 1. The normalized spacial score (nSPS) is 15.7. The average Bonchev–Trinajstić information content (AvgIpc) is 2.65. The van der Waals surface area contributed by atoms with Crippen LogP contribution < -0.4 is 10.1 Å².